The monoisotopic (exact) mass is 1760 g/mol. The molecule has 0 unspecified atom stereocenters. The van der Waals surface area contributed by atoms with E-state index in [9.17, 15) is 0 Å². The van der Waals surface area contributed by atoms with Crippen molar-refractivity contribution in [2.75, 3.05) is 0 Å². The van der Waals surface area contributed by atoms with E-state index in [0.29, 0.717) is 81.0 Å². The van der Waals surface area contributed by atoms with Gasteiger partial charge in [0.2, 0.25) is 0 Å². The standard InChI is InChI=1S/C46H29N3.C43H29N3.C36H24N6/c1-3-13-30(14-4-1)31-23-25-33(26-24-31)44-47-43(32-15-5-2-6-16-32)48-45(49-44)34-27-28-42-38(29-34)37-19-9-12-22-41(37)46(42)39-20-10-7-17-35(39)36-18-8-11-21-40(36)46;1-4-12-30(13-5-1)34-20-23-35(24-21-34)41-44-42(37-25-22-33-18-10-11-19-36(33)26-37)46-43(45-41)40-28-38(31-14-6-2-7-15-31)27-39(29-40)32-16-8-3-9-17-32;1-5-14-25(15-6-1)31-37-32(26-16-7-2-8-17-26)40-35(39-31)29-22-13-23-30(24-29)36-41-33(27-18-9-3-10-19-27)38-34(42-36)28-20-11-4-12-21-28/h1-29H;1-29H;1-24H/i;1D,4D,5D,12D,13D;. The highest BCUT2D eigenvalue weighted by molar-refractivity contribution is 5.97. The lowest BCUT2D eigenvalue weighted by Gasteiger charge is -2.30. The summed E-state index contributed by atoms with van der Waals surface area (Å²) >= 11 is 0. The molecule has 2 aliphatic rings. The molecule has 23 aromatic rings. The molecule has 19 aromatic carbocycles. The largest absolute Gasteiger partial charge is 0.208 e. The van der Waals surface area contributed by atoms with Gasteiger partial charge in [-0.25, -0.2) is 59.8 Å². The molecule has 12 nitrogen and oxygen atoms in total. The van der Waals surface area contributed by atoms with Crippen molar-refractivity contribution in [1.29, 1.82) is 0 Å². The first-order valence-corrected chi connectivity index (χ1v) is 45.4. The van der Waals surface area contributed by atoms with Crippen LogP contribution in [0.25, 0.3) is 214 Å². The maximum absolute atomic E-state index is 8.45. The van der Waals surface area contributed by atoms with Crippen LogP contribution in [-0.2, 0) is 5.41 Å². The Morgan fingerprint density at radius 3 is 0.723 bits per heavy atom. The van der Waals surface area contributed by atoms with E-state index in [2.05, 4.69) is 218 Å². The zero-order chi connectivity index (χ0) is 95.6. The average Bonchev–Trinajstić information content (AvgIpc) is 1.51. The molecule has 0 fully saturated rings. The number of rotatable bonds is 16. The minimum absolute atomic E-state index is 0.145. The molecular formula is C125H82N12. The van der Waals surface area contributed by atoms with Crippen LogP contribution < -0.4 is 0 Å². The highest BCUT2D eigenvalue weighted by Crippen LogP contribution is 2.63. The van der Waals surface area contributed by atoms with Crippen molar-refractivity contribution in [3.8, 4) is 203 Å². The van der Waals surface area contributed by atoms with Crippen LogP contribution in [0.2, 0.25) is 0 Å². The zero-order valence-electron chi connectivity index (χ0n) is 78.8. The molecule has 4 heterocycles. The van der Waals surface area contributed by atoms with Gasteiger partial charge in [0.25, 0.3) is 0 Å². The van der Waals surface area contributed by atoms with E-state index < -0.39 is 6.04 Å². The fraction of sp³-hybridized carbons (Fsp3) is 0.00800. The number of benzene rings is 19. The number of hydrogen-bond acceptors (Lipinski definition) is 12. The minimum Gasteiger partial charge on any atom is -0.208 e. The quantitative estimate of drug-likeness (QED) is 0.0904. The Hall–Kier alpha value is -18.5. The summed E-state index contributed by atoms with van der Waals surface area (Å²) in [6.45, 7) is 0. The third-order valence-electron chi connectivity index (χ3n) is 24.9. The molecule has 137 heavy (non-hydrogen) atoms. The van der Waals surface area contributed by atoms with Gasteiger partial charge in [-0.15, -0.1) is 0 Å². The number of aromatic nitrogens is 12. The van der Waals surface area contributed by atoms with Crippen LogP contribution in [0.15, 0.2) is 497 Å². The third kappa shape index (κ3) is 16.8. The second kappa shape index (κ2) is 37.0. The lowest BCUT2D eigenvalue weighted by molar-refractivity contribution is 0.794. The molecule has 0 saturated heterocycles. The molecule has 0 aliphatic heterocycles. The van der Waals surface area contributed by atoms with Crippen LogP contribution in [0.5, 0.6) is 0 Å². The van der Waals surface area contributed by atoms with Gasteiger partial charge in [0.1, 0.15) is 0 Å². The van der Waals surface area contributed by atoms with E-state index >= 15 is 0 Å². The van der Waals surface area contributed by atoms with Crippen molar-refractivity contribution < 1.29 is 6.85 Å². The second-order valence-electron chi connectivity index (χ2n) is 33.4. The van der Waals surface area contributed by atoms with Crippen molar-refractivity contribution >= 4 is 10.8 Å². The molecule has 642 valence electrons. The van der Waals surface area contributed by atoms with Gasteiger partial charge >= 0.3 is 0 Å². The van der Waals surface area contributed by atoms with Crippen LogP contribution >= 0.6 is 0 Å². The molecule has 0 bridgehead atoms. The Bertz CT molecular complexity index is 8290. The van der Waals surface area contributed by atoms with Gasteiger partial charge in [0.05, 0.1) is 12.3 Å². The zero-order valence-corrected chi connectivity index (χ0v) is 73.8. The van der Waals surface area contributed by atoms with Gasteiger partial charge in [0, 0.05) is 66.8 Å². The summed E-state index contributed by atoms with van der Waals surface area (Å²) in [7, 11) is 0. The van der Waals surface area contributed by atoms with Gasteiger partial charge in [-0.05, 0) is 136 Å². The Labute approximate surface area is 800 Å². The van der Waals surface area contributed by atoms with Gasteiger partial charge in [-0.3, -0.25) is 0 Å². The van der Waals surface area contributed by atoms with Crippen molar-refractivity contribution in [3.63, 3.8) is 0 Å². The van der Waals surface area contributed by atoms with Gasteiger partial charge in [-0.1, -0.05) is 461 Å². The highest BCUT2D eigenvalue weighted by atomic mass is 15.1. The number of fused-ring (bicyclic) bond motifs is 11. The molecule has 0 amide bonds. The van der Waals surface area contributed by atoms with Crippen LogP contribution in [0, 0.1) is 0 Å². The molecule has 0 atom stereocenters. The Morgan fingerprint density at radius 1 is 0.131 bits per heavy atom. The summed E-state index contributed by atoms with van der Waals surface area (Å²) in [5.41, 5.74) is 27.8. The average molecular weight is 1760 g/mol. The fourth-order valence-corrected chi connectivity index (χ4v) is 18.3. The summed E-state index contributed by atoms with van der Waals surface area (Å²) in [5, 5.41) is 2.18. The minimum atomic E-state index is -0.420. The molecule has 0 radical (unpaired) electrons. The van der Waals surface area contributed by atoms with Crippen LogP contribution in [-0.4, -0.2) is 59.8 Å². The molecule has 0 N–H and O–H groups in total. The normalized spacial score (nSPS) is 12.2. The fourth-order valence-electron chi connectivity index (χ4n) is 18.3. The predicted molar refractivity (Wildman–Crippen MR) is 554 cm³/mol. The highest BCUT2D eigenvalue weighted by Gasteiger charge is 2.51. The maximum Gasteiger partial charge on any atom is 0.164 e. The van der Waals surface area contributed by atoms with Crippen molar-refractivity contribution in [2.24, 2.45) is 0 Å². The first-order chi connectivity index (χ1) is 69.9. The van der Waals surface area contributed by atoms with Crippen LogP contribution in [0.4, 0.5) is 0 Å². The Kier molecular flexibility index (Phi) is 20.9. The van der Waals surface area contributed by atoms with Crippen LogP contribution in [0.1, 0.15) is 29.1 Å². The Balaban J connectivity index is 0.000000119. The molecule has 4 aromatic heterocycles. The first kappa shape index (κ1) is 77.3. The topological polar surface area (TPSA) is 155 Å². The summed E-state index contributed by atoms with van der Waals surface area (Å²) in [4.78, 5) is 59.4. The molecule has 0 saturated carbocycles. The van der Waals surface area contributed by atoms with Crippen molar-refractivity contribution in [2.45, 2.75) is 5.41 Å². The summed E-state index contributed by atoms with van der Waals surface area (Å²) in [6, 6.07) is 157. The van der Waals surface area contributed by atoms with E-state index in [-0.39, 0.29) is 35.1 Å². The van der Waals surface area contributed by atoms with Gasteiger partial charge < -0.3 is 0 Å². The molecule has 12 heteroatoms. The third-order valence-corrected chi connectivity index (χ3v) is 24.9. The predicted octanol–water partition coefficient (Wildman–Crippen LogP) is 30.0. The second-order valence-corrected chi connectivity index (χ2v) is 33.4. The van der Waals surface area contributed by atoms with Gasteiger partial charge in [0.15, 0.2) is 69.9 Å². The van der Waals surface area contributed by atoms with Gasteiger partial charge in [-0.2, -0.15) is 0 Å². The van der Waals surface area contributed by atoms with E-state index in [1.165, 1.54) is 50.1 Å². The number of hydrogen-bond donors (Lipinski definition) is 0. The SMILES string of the molecule is [2H]c1c([2H])c([2H])c(-c2ccc(-c3nc(-c4cc(-c5ccccc5)cc(-c5ccccc5)c4)nc(-c4ccc5ccccc5c4)n3)cc2)c([2H])c1[2H].c1ccc(-c2ccc(-c3nc(-c4ccccc4)nc(-c4ccc5c(c4)-c4ccccc4C54c5ccccc5-c5ccccc54)n3)cc2)cc1.c1ccc(-c2nc(-c3ccccc3)nc(-c3cccc(-c4nc(-c5ccccc5)nc(-c5ccccc5)n4)c3)n2)cc1. The lowest BCUT2D eigenvalue weighted by atomic mass is 9.70. The molecular weight excluding hydrogens is 1670 g/mol. The van der Waals surface area contributed by atoms with Crippen molar-refractivity contribution in [3.05, 3.63) is 520 Å². The van der Waals surface area contributed by atoms with E-state index in [1.807, 2.05) is 237 Å². The van der Waals surface area contributed by atoms with Crippen molar-refractivity contribution in [1.82, 2.24) is 59.8 Å². The summed E-state index contributed by atoms with van der Waals surface area (Å²) in [5.74, 6) is 7.04. The molecule has 1 spiro atoms. The van der Waals surface area contributed by atoms with Crippen LogP contribution in [0.3, 0.4) is 0 Å². The summed E-state index contributed by atoms with van der Waals surface area (Å²) in [6.07, 6.45) is 0. The number of nitrogens with zero attached hydrogens (tertiary/aromatic N) is 12. The first-order valence-electron chi connectivity index (χ1n) is 47.9. The lowest BCUT2D eigenvalue weighted by Crippen LogP contribution is -2.25. The van der Waals surface area contributed by atoms with E-state index in [4.69, 9.17) is 66.7 Å². The van der Waals surface area contributed by atoms with E-state index in [0.717, 1.165) is 99.8 Å². The smallest absolute Gasteiger partial charge is 0.164 e. The summed E-state index contributed by atoms with van der Waals surface area (Å²) < 4.78 is 41.1. The molecule has 25 rings (SSSR count). The van der Waals surface area contributed by atoms with E-state index in [1.54, 1.807) is 12.1 Å². The Morgan fingerprint density at radius 2 is 0.350 bits per heavy atom. The maximum atomic E-state index is 8.45. The molecule has 2 aliphatic carbocycles.